The van der Waals surface area contributed by atoms with Crippen LogP contribution in [-0.2, 0) is 16.1 Å². The lowest BCUT2D eigenvalue weighted by atomic mass is 10.1. The molecule has 0 saturated carbocycles. The normalized spacial score (nSPS) is 19.1. The molecule has 1 aliphatic rings. The maximum atomic E-state index is 11.6. The highest BCUT2D eigenvalue weighted by Crippen LogP contribution is 2.15. The number of carbonyl (C=O) groups excluding carboxylic acids is 1. The summed E-state index contributed by atoms with van der Waals surface area (Å²) in [5, 5.41) is 7.11. The number of aryl methyl sites for hydroxylation is 2. The number of carbonyl (C=O) groups is 1. The Morgan fingerprint density at radius 1 is 1.67 bits per heavy atom. The van der Waals surface area contributed by atoms with Crippen LogP contribution < -0.4 is 5.32 Å². The third-order valence-electron chi connectivity index (χ3n) is 3.38. The van der Waals surface area contributed by atoms with Crippen LogP contribution in [0.25, 0.3) is 0 Å². The van der Waals surface area contributed by atoms with Crippen LogP contribution in [0.1, 0.15) is 25.0 Å². The summed E-state index contributed by atoms with van der Waals surface area (Å²) in [4.78, 5) is 11.6. The number of hydrogen-bond donors (Lipinski definition) is 1. The van der Waals surface area contributed by atoms with Gasteiger partial charge in [-0.2, -0.15) is 5.10 Å². The minimum Gasteiger partial charge on any atom is -0.381 e. The summed E-state index contributed by atoms with van der Waals surface area (Å²) in [6.45, 7) is 5.12. The first-order valence-electron chi connectivity index (χ1n) is 6.58. The average molecular weight is 251 g/mol. The first-order valence-corrected chi connectivity index (χ1v) is 6.58. The molecule has 0 spiro atoms. The standard InChI is InChI=1S/C13H21N3O2/c1-11-2-7-15-16(11)8-4-13(17)14-6-3-12-5-9-18-10-12/h2,7,12H,3-6,8-10H2,1H3,(H,14,17). The molecular formula is C13H21N3O2. The second-order valence-electron chi connectivity index (χ2n) is 4.81. The summed E-state index contributed by atoms with van der Waals surface area (Å²) in [5.74, 6) is 0.725. The van der Waals surface area contributed by atoms with E-state index in [0.29, 0.717) is 18.9 Å². The summed E-state index contributed by atoms with van der Waals surface area (Å²) in [6, 6.07) is 1.94. The molecule has 0 bridgehead atoms. The molecule has 2 rings (SSSR count). The zero-order chi connectivity index (χ0) is 12.8. The first-order chi connectivity index (χ1) is 8.75. The van der Waals surface area contributed by atoms with Crippen molar-refractivity contribution in [2.24, 2.45) is 5.92 Å². The third kappa shape index (κ3) is 3.84. The summed E-state index contributed by atoms with van der Waals surface area (Å²) >= 11 is 0. The molecule has 1 fully saturated rings. The molecule has 1 aromatic rings. The molecule has 1 saturated heterocycles. The third-order valence-corrected chi connectivity index (χ3v) is 3.38. The van der Waals surface area contributed by atoms with Crippen molar-refractivity contribution in [2.75, 3.05) is 19.8 Å². The molecule has 0 aliphatic carbocycles. The van der Waals surface area contributed by atoms with Gasteiger partial charge in [-0.05, 0) is 31.7 Å². The Morgan fingerprint density at radius 3 is 3.22 bits per heavy atom. The highest BCUT2D eigenvalue weighted by atomic mass is 16.5. The number of nitrogens with zero attached hydrogens (tertiary/aromatic N) is 2. The fourth-order valence-electron chi connectivity index (χ4n) is 2.16. The molecular weight excluding hydrogens is 230 g/mol. The zero-order valence-electron chi connectivity index (χ0n) is 10.9. The van der Waals surface area contributed by atoms with Gasteiger partial charge in [-0.25, -0.2) is 0 Å². The molecule has 5 nitrogen and oxygen atoms in total. The van der Waals surface area contributed by atoms with Gasteiger partial charge in [0, 0.05) is 44.6 Å². The van der Waals surface area contributed by atoms with Crippen LogP contribution in [0.5, 0.6) is 0 Å². The molecule has 1 amide bonds. The zero-order valence-corrected chi connectivity index (χ0v) is 10.9. The fraction of sp³-hybridized carbons (Fsp3) is 0.692. The highest BCUT2D eigenvalue weighted by Gasteiger charge is 2.15. The fourth-order valence-corrected chi connectivity index (χ4v) is 2.16. The van der Waals surface area contributed by atoms with Gasteiger partial charge in [0.2, 0.25) is 5.91 Å². The molecule has 100 valence electrons. The van der Waals surface area contributed by atoms with Crippen LogP contribution in [-0.4, -0.2) is 35.4 Å². The average Bonchev–Trinajstić information content (AvgIpc) is 2.98. The number of nitrogens with one attached hydrogen (secondary N) is 1. The van der Waals surface area contributed by atoms with E-state index >= 15 is 0 Å². The van der Waals surface area contributed by atoms with Crippen molar-refractivity contribution in [2.45, 2.75) is 32.7 Å². The molecule has 1 atom stereocenters. The Labute approximate surface area is 108 Å². The van der Waals surface area contributed by atoms with Crippen molar-refractivity contribution < 1.29 is 9.53 Å². The molecule has 0 radical (unpaired) electrons. The van der Waals surface area contributed by atoms with E-state index in [2.05, 4.69) is 10.4 Å². The van der Waals surface area contributed by atoms with Crippen LogP contribution in [0.2, 0.25) is 0 Å². The quantitative estimate of drug-likeness (QED) is 0.824. The van der Waals surface area contributed by atoms with E-state index in [0.717, 1.165) is 38.3 Å². The first kappa shape index (κ1) is 13.1. The van der Waals surface area contributed by atoms with E-state index in [1.165, 1.54) is 0 Å². The van der Waals surface area contributed by atoms with Crippen molar-refractivity contribution in [1.82, 2.24) is 15.1 Å². The number of aromatic nitrogens is 2. The molecule has 0 aromatic carbocycles. The lowest BCUT2D eigenvalue weighted by Crippen LogP contribution is -2.27. The topological polar surface area (TPSA) is 56.2 Å². The smallest absolute Gasteiger partial charge is 0.221 e. The van der Waals surface area contributed by atoms with Crippen LogP contribution in [0, 0.1) is 12.8 Å². The van der Waals surface area contributed by atoms with E-state index in [4.69, 9.17) is 4.74 Å². The van der Waals surface area contributed by atoms with Gasteiger partial charge in [0.05, 0.1) is 0 Å². The SMILES string of the molecule is Cc1ccnn1CCC(=O)NCCC1CCOC1. The summed E-state index contributed by atoms with van der Waals surface area (Å²) in [6.07, 6.45) is 4.39. The molecule has 1 aromatic heterocycles. The molecule has 1 aliphatic heterocycles. The highest BCUT2D eigenvalue weighted by molar-refractivity contribution is 5.75. The number of hydrogen-bond acceptors (Lipinski definition) is 3. The van der Waals surface area contributed by atoms with Gasteiger partial charge in [0.15, 0.2) is 0 Å². The van der Waals surface area contributed by atoms with Crippen molar-refractivity contribution in [3.8, 4) is 0 Å². The second-order valence-corrected chi connectivity index (χ2v) is 4.81. The van der Waals surface area contributed by atoms with E-state index in [1.807, 2.05) is 17.7 Å². The maximum Gasteiger partial charge on any atom is 0.221 e. The lowest BCUT2D eigenvalue weighted by molar-refractivity contribution is -0.121. The molecule has 5 heteroatoms. The van der Waals surface area contributed by atoms with Gasteiger partial charge in [-0.15, -0.1) is 0 Å². The molecule has 18 heavy (non-hydrogen) atoms. The maximum absolute atomic E-state index is 11.6. The van der Waals surface area contributed by atoms with Crippen molar-refractivity contribution >= 4 is 5.91 Å². The number of rotatable bonds is 6. The Balaban J connectivity index is 1.59. The van der Waals surface area contributed by atoms with Crippen LogP contribution in [0.3, 0.4) is 0 Å². The van der Waals surface area contributed by atoms with Crippen LogP contribution in [0.4, 0.5) is 0 Å². The second kappa shape index (κ2) is 6.54. The molecule has 2 heterocycles. The molecule has 1 unspecified atom stereocenters. The summed E-state index contributed by atoms with van der Waals surface area (Å²) in [5.41, 5.74) is 1.09. The van der Waals surface area contributed by atoms with Crippen LogP contribution >= 0.6 is 0 Å². The van der Waals surface area contributed by atoms with Gasteiger partial charge in [-0.1, -0.05) is 0 Å². The largest absolute Gasteiger partial charge is 0.381 e. The Hall–Kier alpha value is -1.36. The predicted octanol–water partition coefficient (Wildman–Crippen LogP) is 1.12. The van der Waals surface area contributed by atoms with Crippen LogP contribution in [0.15, 0.2) is 12.3 Å². The minimum atomic E-state index is 0.101. The Bertz CT molecular complexity index is 383. The van der Waals surface area contributed by atoms with E-state index in [-0.39, 0.29) is 5.91 Å². The van der Waals surface area contributed by atoms with Gasteiger partial charge in [0.1, 0.15) is 0 Å². The van der Waals surface area contributed by atoms with E-state index in [1.54, 1.807) is 6.20 Å². The minimum absolute atomic E-state index is 0.101. The summed E-state index contributed by atoms with van der Waals surface area (Å²) < 4.78 is 7.15. The van der Waals surface area contributed by atoms with Gasteiger partial charge in [0.25, 0.3) is 0 Å². The van der Waals surface area contributed by atoms with Crippen molar-refractivity contribution in [3.05, 3.63) is 18.0 Å². The van der Waals surface area contributed by atoms with Crippen molar-refractivity contribution in [3.63, 3.8) is 0 Å². The number of ether oxygens (including phenoxy) is 1. The Kier molecular flexibility index (Phi) is 4.75. The number of amides is 1. The Morgan fingerprint density at radius 2 is 2.56 bits per heavy atom. The van der Waals surface area contributed by atoms with Crippen molar-refractivity contribution in [1.29, 1.82) is 0 Å². The van der Waals surface area contributed by atoms with Gasteiger partial charge in [-0.3, -0.25) is 9.48 Å². The summed E-state index contributed by atoms with van der Waals surface area (Å²) in [7, 11) is 0. The van der Waals surface area contributed by atoms with E-state index < -0.39 is 0 Å². The van der Waals surface area contributed by atoms with Gasteiger partial charge < -0.3 is 10.1 Å². The lowest BCUT2D eigenvalue weighted by Gasteiger charge is -2.09. The predicted molar refractivity (Wildman–Crippen MR) is 68.1 cm³/mol. The van der Waals surface area contributed by atoms with Gasteiger partial charge >= 0.3 is 0 Å². The molecule has 1 N–H and O–H groups in total. The van der Waals surface area contributed by atoms with E-state index in [9.17, 15) is 4.79 Å². The monoisotopic (exact) mass is 251 g/mol.